The molecule has 5 heterocycles. The molecule has 146 valence electrons. The largest absolute Gasteiger partial charge is 0.339 e. The van der Waals surface area contributed by atoms with Crippen LogP contribution in [0.4, 0.5) is 0 Å². The van der Waals surface area contributed by atoms with Gasteiger partial charge in [0.25, 0.3) is 5.91 Å². The molecule has 4 aliphatic heterocycles. The van der Waals surface area contributed by atoms with Crippen LogP contribution < -0.4 is 0 Å². The Kier molecular flexibility index (Phi) is 4.72. The number of carbonyl (C=O) groups is 2. The van der Waals surface area contributed by atoms with Crippen molar-refractivity contribution < 1.29 is 9.59 Å². The highest BCUT2D eigenvalue weighted by Gasteiger charge is 2.45. The van der Waals surface area contributed by atoms with Crippen molar-refractivity contribution in [2.45, 2.75) is 50.6 Å². The summed E-state index contributed by atoms with van der Waals surface area (Å²) >= 11 is 1.59. The van der Waals surface area contributed by atoms with Crippen molar-refractivity contribution in [3.05, 3.63) is 22.4 Å². The first-order valence-corrected chi connectivity index (χ1v) is 11.5. The second-order valence-electron chi connectivity index (χ2n) is 8.86. The van der Waals surface area contributed by atoms with Crippen LogP contribution in [0.25, 0.3) is 0 Å². The van der Waals surface area contributed by atoms with Gasteiger partial charge in [-0.15, -0.1) is 0 Å². The van der Waals surface area contributed by atoms with Crippen LogP contribution >= 0.6 is 11.3 Å². The number of hydrogen-bond donors (Lipinski definition) is 0. The van der Waals surface area contributed by atoms with Crippen LogP contribution in [0.3, 0.4) is 0 Å². The third-order valence-electron chi connectivity index (χ3n) is 7.24. The summed E-state index contributed by atoms with van der Waals surface area (Å²) in [6, 6.07) is 3.03. The maximum atomic E-state index is 12.6. The summed E-state index contributed by atoms with van der Waals surface area (Å²) in [5.74, 6) is 1.90. The Bertz CT molecular complexity index is 698. The Morgan fingerprint density at radius 2 is 1.96 bits per heavy atom. The average Bonchev–Trinajstić information content (AvgIpc) is 3.23. The molecule has 27 heavy (non-hydrogen) atoms. The van der Waals surface area contributed by atoms with E-state index in [1.54, 1.807) is 11.3 Å². The monoisotopic (exact) mass is 387 g/mol. The van der Waals surface area contributed by atoms with Crippen LogP contribution in [-0.2, 0) is 4.79 Å². The molecule has 0 aliphatic carbocycles. The van der Waals surface area contributed by atoms with Gasteiger partial charge in [0.1, 0.15) is 0 Å². The molecular weight excluding hydrogens is 358 g/mol. The quantitative estimate of drug-likeness (QED) is 0.784. The number of likely N-dealkylation sites (tertiary alicyclic amines) is 2. The Labute approximate surface area is 165 Å². The molecule has 1 aromatic heterocycles. The van der Waals surface area contributed by atoms with Gasteiger partial charge in [0.05, 0.1) is 5.56 Å². The molecule has 0 aromatic carbocycles. The molecule has 0 saturated carbocycles. The first kappa shape index (κ1) is 17.7. The maximum absolute atomic E-state index is 12.6. The number of amides is 2. The van der Waals surface area contributed by atoms with Gasteiger partial charge in [-0.05, 0) is 55.4 Å². The summed E-state index contributed by atoms with van der Waals surface area (Å²) in [5, 5.41) is 3.93. The van der Waals surface area contributed by atoms with E-state index < -0.39 is 0 Å². The van der Waals surface area contributed by atoms with Crippen LogP contribution in [0.1, 0.15) is 48.9 Å². The fourth-order valence-electron chi connectivity index (χ4n) is 5.95. The lowest BCUT2D eigenvalue weighted by Gasteiger charge is -2.54. The molecule has 2 unspecified atom stereocenters. The summed E-state index contributed by atoms with van der Waals surface area (Å²) in [6.07, 6.45) is 6.51. The van der Waals surface area contributed by atoms with E-state index in [2.05, 4.69) is 9.80 Å². The van der Waals surface area contributed by atoms with Crippen molar-refractivity contribution in [1.29, 1.82) is 0 Å². The smallest absolute Gasteiger partial charge is 0.254 e. The molecule has 4 fully saturated rings. The minimum Gasteiger partial charge on any atom is -0.339 e. The fourth-order valence-corrected chi connectivity index (χ4v) is 6.58. The lowest BCUT2D eigenvalue weighted by molar-refractivity contribution is -0.145. The van der Waals surface area contributed by atoms with Crippen LogP contribution in [-0.4, -0.2) is 71.3 Å². The number of piperidine rings is 4. The van der Waals surface area contributed by atoms with E-state index in [0.717, 1.165) is 64.0 Å². The second kappa shape index (κ2) is 7.21. The van der Waals surface area contributed by atoms with Gasteiger partial charge >= 0.3 is 0 Å². The Hall–Kier alpha value is -1.40. The minimum absolute atomic E-state index is 0.196. The number of nitrogens with zero attached hydrogens (tertiary/aromatic N) is 3. The third-order valence-corrected chi connectivity index (χ3v) is 7.93. The summed E-state index contributed by atoms with van der Waals surface area (Å²) in [4.78, 5) is 31.9. The van der Waals surface area contributed by atoms with Crippen LogP contribution in [0.5, 0.6) is 0 Å². The molecular formula is C21H29N3O2S. The lowest BCUT2D eigenvalue weighted by Crippen LogP contribution is -2.62. The predicted octanol–water partition coefficient (Wildman–Crippen LogP) is 2.69. The average molecular weight is 388 g/mol. The van der Waals surface area contributed by atoms with Gasteiger partial charge in [-0.25, -0.2) is 0 Å². The van der Waals surface area contributed by atoms with E-state index in [1.807, 2.05) is 21.7 Å². The molecule has 5 nitrogen and oxygen atoms in total. The van der Waals surface area contributed by atoms with Crippen molar-refractivity contribution in [2.24, 2.45) is 11.8 Å². The fraction of sp³-hybridized carbons (Fsp3) is 0.714. The van der Waals surface area contributed by atoms with Crippen molar-refractivity contribution >= 4 is 23.2 Å². The topological polar surface area (TPSA) is 43.9 Å². The molecule has 6 heteroatoms. The van der Waals surface area contributed by atoms with Gasteiger partial charge < -0.3 is 9.80 Å². The van der Waals surface area contributed by atoms with E-state index in [4.69, 9.17) is 0 Å². The normalized spacial score (nSPS) is 32.4. The second-order valence-corrected chi connectivity index (χ2v) is 9.64. The summed E-state index contributed by atoms with van der Waals surface area (Å²) in [6.45, 7) is 5.01. The predicted molar refractivity (Wildman–Crippen MR) is 106 cm³/mol. The standard InChI is InChI=1S/C21H29N3O2S/c25-20-3-1-2-19-17-10-15(12-24(19)20)11-23(13-17)18-4-7-22(8-5-18)21(26)16-6-9-27-14-16/h6,9,14-15,17-19H,1-5,7-8,10-13H2/t15?,17?,19-/m1/s1. The minimum atomic E-state index is 0.196. The Balaban J connectivity index is 1.20. The van der Waals surface area contributed by atoms with Crippen LogP contribution in [0.2, 0.25) is 0 Å². The SMILES string of the molecule is O=C(c1ccsc1)N1CCC(N2CC3CC(C2)[C@H]2CCCC(=O)N2C3)CC1. The molecule has 5 rings (SSSR count). The maximum Gasteiger partial charge on any atom is 0.254 e. The highest BCUT2D eigenvalue weighted by atomic mass is 32.1. The Morgan fingerprint density at radius 3 is 2.74 bits per heavy atom. The van der Waals surface area contributed by atoms with E-state index in [-0.39, 0.29) is 5.91 Å². The molecule has 0 radical (unpaired) electrons. The van der Waals surface area contributed by atoms with Gasteiger partial charge in [0, 0.05) is 56.6 Å². The Morgan fingerprint density at radius 1 is 1.11 bits per heavy atom. The van der Waals surface area contributed by atoms with Crippen molar-refractivity contribution in [2.75, 3.05) is 32.7 Å². The van der Waals surface area contributed by atoms with E-state index in [0.29, 0.717) is 29.8 Å². The first-order chi connectivity index (χ1) is 13.2. The molecule has 0 spiro atoms. The zero-order chi connectivity index (χ0) is 18.4. The lowest BCUT2D eigenvalue weighted by atomic mass is 9.75. The molecule has 2 amide bonds. The first-order valence-electron chi connectivity index (χ1n) is 10.5. The van der Waals surface area contributed by atoms with E-state index in [9.17, 15) is 9.59 Å². The number of carbonyl (C=O) groups excluding carboxylic acids is 2. The van der Waals surface area contributed by atoms with Crippen LogP contribution in [0.15, 0.2) is 16.8 Å². The molecule has 4 saturated heterocycles. The van der Waals surface area contributed by atoms with Gasteiger partial charge in [0.15, 0.2) is 0 Å². The third kappa shape index (κ3) is 3.31. The highest BCUT2D eigenvalue weighted by Crippen LogP contribution is 2.39. The summed E-state index contributed by atoms with van der Waals surface area (Å²) in [5.41, 5.74) is 0.841. The van der Waals surface area contributed by atoms with Crippen LogP contribution in [0, 0.1) is 11.8 Å². The van der Waals surface area contributed by atoms with Gasteiger partial charge in [-0.1, -0.05) is 0 Å². The molecule has 4 aliphatic rings. The molecule has 0 N–H and O–H groups in total. The van der Waals surface area contributed by atoms with Crippen molar-refractivity contribution in [3.8, 4) is 0 Å². The van der Waals surface area contributed by atoms with Crippen molar-refractivity contribution in [3.63, 3.8) is 0 Å². The molecule has 3 atom stereocenters. The number of hydrogen-bond acceptors (Lipinski definition) is 4. The van der Waals surface area contributed by atoms with E-state index in [1.165, 1.54) is 12.8 Å². The zero-order valence-electron chi connectivity index (χ0n) is 15.9. The number of rotatable bonds is 2. The van der Waals surface area contributed by atoms with Gasteiger partial charge in [-0.2, -0.15) is 11.3 Å². The number of fused-ring (bicyclic) bond motifs is 4. The molecule has 1 aromatic rings. The highest BCUT2D eigenvalue weighted by molar-refractivity contribution is 7.08. The molecule has 2 bridgehead atoms. The summed E-state index contributed by atoms with van der Waals surface area (Å²) in [7, 11) is 0. The van der Waals surface area contributed by atoms with Gasteiger partial charge in [0.2, 0.25) is 5.91 Å². The summed E-state index contributed by atoms with van der Waals surface area (Å²) < 4.78 is 0. The van der Waals surface area contributed by atoms with Gasteiger partial charge in [-0.3, -0.25) is 14.5 Å². The number of thiophene rings is 1. The van der Waals surface area contributed by atoms with E-state index >= 15 is 0 Å². The van der Waals surface area contributed by atoms with Crippen molar-refractivity contribution in [1.82, 2.24) is 14.7 Å². The zero-order valence-corrected chi connectivity index (χ0v) is 16.7.